The summed E-state index contributed by atoms with van der Waals surface area (Å²) in [6.07, 6.45) is 2.68. The van der Waals surface area contributed by atoms with E-state index in [1.807, 2.05) is 0 Å². The zero-order valence-corrected chi connectivity index (χ0v) is 11.5. The molecule has 2 aromatic rings. The van der Waals surface area contributed by atoms with E-state index in [-0.39, 0.29) is 28.8 Å². The molecule has 8 nitrogen and oxygen atoms in total. The van der Waals surface area contributed by atoms with Crippen LogP contribution < -0.4 is 10.5 Å². The second-order valence-corrected chi connectivity index (χ2v) is 4.43. The molecule has 0 aliphatic carbocycles. The Bertz CT molecular complexity index is 692. The molecule has 0 aliphatic heterocycles. The van der Waals surface area contributed by atoms with Crippen LogP contribution in [0, 0.1) is 15.5 Å². The zero-order valence-electron chi connectivity index (χ0n) is 9.91. The monoisotopic (exact) mass is 337 g/mol. The van der Waals surface area contributed by atoms with Crippen molar-refractivity contribution in [2.45, 2.75) is 0 Å². The van der Waals surface area contributed by atoms with Crippen LogP contribution in [-0.2, 0) is 0 Å². The van der Waals surface area contributed by atoms with Crippen molar-refractivity contribution in [1.29, 1.82) is 5.41 Å². The van der Waals surface area contributed by atoms with E-state index in [0.29, 0.717) is 4.47 Å². The number of nitro groups is 1. The molecule has 9 heteroatoms. The Labute approximate surface area is 121 Å². The van der Waals surface area contributed by atoms with Gasteiger partial charge in [-0.25, -0.2) is 9.97 Å². The van der Waals surface area contributed by atoms with Gasteiger partial charge in [-0.05, 0) is 22.0 Å². The van der Waals surface area contributed by atoms with Crippen LogP contribution in [0.15, 0.2) is 35.1 Å². The predicted molar refractivity (Wildman–Crippen MR) is 73.9 cm³/mol. The second kappa shape index (κ2) is 5.61. The molecule has 3 N–H and O–H groups in total. The Morgan fingerprint density at radius 1 is 1.40 bits per heavy atom. The molecule has 0 radical (unpaired) electrons. The van der Waals surface area contributed by atoms with Gasteiger partial charge in [-0.2, -0.15) is 0 Å². The SMILES string of the molecule is N=C(N)c1nccnc1Oc1c(Br)cccc1[N+](=O)[O-]. The number of nitrogens with two attached hydrogens (primary N) is 1. The topological polar surface area (TPSA) is 128 Å². The molecule has 0 unspecified atom stereocenters. The van der Waals surface area contributed by atoms with Gasteiger partial charge in [0.1, 0.15) is 5.84 Å². The summed E-state index contributed by atoms with van der Waals surface area (Å²) in [6, 6.07) is 4.40. The number of para-hydroxylation sites is 1. The Hall–Kier alpha value is -2.55. The van der Waals surface area contributed by atoms with Crippen molar-refractivity contribution < 1.29 is 9.66 Å². The van der Waals surface area contributed by atoms with Crippen molar-refractivity contribution in [2.75, 3.05) is 0 Å². The van der Waals surface area contributed by atoms with E-state index in [2.05, 4.69) is 25.9 Å². The highest BCUT2D eigenvalue weighted by molar-refractivity contribution is 9.10. The number of nitrogens with zero attached hydrogens (tertiary/aromatic N) is 3. The number of nitro benzene ring substituents is 1. The van der Waals surface area contributed by atoms with E-state index in [4.69, 9.17) is 15.9 Å². The molecule has 0 bridgehead atoms. The largest absolute Gasteiger partial charge is 0.428 e. The van der Waals surface area contributed by atoms with Gasteiger partial charge >= 0.3 is 5.69 Å². The first-order valence-electron chi connectivity index (χ1n) is 5.27. The van der Waals surface area contributed by atoms with Gasteiger partial charge in [0.15, 0.2) is 5.69 Å². The summed E-state index contributed by atoms with van der Waals surface area (Å²) < 4.78 is 5.79. The van der Waals surface area contributed by atoms with Crippen LogP contribution in [0.3, 0.4) is 0 Å². The van der Waals surface area contributed by atoms with Crippen molar-refractivity contribution in [3.63, 3.8) is 0 Å². The molecule has 102 valence electrons. The molecule has 2 rings (SSSR count). The number of hydrogen-bond donors (Lipinski definition) is 2. The lowest BCUT2D eigenvalue weighted by atomic mass is 10.3. The fourth-order valence-corrected chi connectivity index (χ4v) is 1.86. The van der Waals surface area contributed by atoms with Crippen LogP contribution in [0.1, 0.15) is 5.69 Å². The molecule has 0 fully saturated rings. The standard InChI is InChI=1S/C11H8BrN5O3/c12-6-2-1-3-7(17(18)19)9(6)20-11-8(10(13)14)15-4-5-16-11/h1-5H,(H3,13,14). The van der Waals surface area contributed by atoms with Crippen molar-refractivity contribution in [2.24, 2.45) is 5.73 Å². The van der Waals surface area contributed by atoms with E-state index < -0.39 is 4.92 Å². The lowest BCUT2D eigenvalue weighted by Gasteiger charge is -2.09. The van der Waals surface area contributed by atoms with Crippen molar-refractivity contribution in [1.82, 2.24) is 9.97 Å². The second-order valence-electron chi connectivity index (χ2n) is 3.57. The number of hydrogen-bond acceptors (Lipinski definition) is 6. The minimum atomic E-state index is -0.579. The number of halogens is 1. The van der Waals surface area contributed by atoms with Crippen LogP contribution in [0.25, 0.3) is 0 Å². The number of rotatable bonds is 4. The highest BCUT2D eigenvalue weighted by atomic mass is 79.9. The van der Waals surface area contributed by atoms with E-state index in [1.165, 1.54) is 24.5 Å². The quantitative estimate of drug-likeness (QED) is 0.381. The maximum Gasteiger partial charge on any atom is 0.312 e. The summed E-state index contributed by atoms with van der Waals surface area (Å²) in [7, 11) is 0. The number of ether oxygens (including phenoxy) is 1. The van der Waals surface area contributed by atoms with Gasteiger partial charge in [0, 0.05) is 18.5 Å². The molecule has 0 atom stereocenters. The van der Waals surface area contributed by atoms with Gasteiger partial charge < -0.3 is 10.5 Å². The number of aromatic nitrogens is 2. The number of amidine groups is 1. The number of nitrogens with one attached hydrogen (secondary N) is 1. The molecule has 1 heterocycles. The Kier molecular flexibility index (Phi) is 3.89. The first-order valence-corrected chi connectivity index (χ1v) is 6.06. The van der Waals surface area contributed by atoms with Crippen LogP contribution in [0.5, 0.6) is 11.6 Å². The van der Waals surface area contributed by atoms with Gasteiger partial charge in [-0.1, -0.05) is 6.07 Å². The van der Waals surface area contributed by atoms with Gasteiger partial charge in [0.05, 0.1) is 9.40 Å². The summed E-state index contributed by atoms with van der Waals surface area (Å²) in [5, 5.41) is 18.4. The van der Waals surface area contributed by atoms with Crippen LogP contribution in [0.4, 0.5) is 5.69 Å². The van der Waals surface area contributed by atoms with Gasteiger partial charge in [-0.15, -0.1) is 0 Å². The highest BCUT2D eigenvalue weighted by Gasteiger charge is 2.21. The third kappa shape index (κ3) is 2.72. The average molecular weight is 338 g/mol. The molecule has 0 spiro atoms. The van der Waals surface area contributed by atoms with Gasteiger partial charge in [0.2, 0.25) is 11.6 Å². The molecular formula is C11H8BrN5O3. The van der Waals surface area contributed by atoms with E-state index >= 15 is 0 Å². The normalized spacial score (nSPS) is 10.1. The van der Waals surface area contributed by atoms with E-state index in [0.717, 1.165) is 0 Å². The molecule has 1 aromatic carbocycles. The first kappa shape index (κ1) is 13.9. The average Bonchev–Trinajstić information content (AvgIpc) is 2.41. The minimum Gasteiger partial charge on any atom is -0.428 e. The van der Waals surface area contributed by atoms with Crippen molar-refractivity contribution in [3.05, 3.63) is 50.9 Å². The maximum absolute atomic E-state index is 11.0. The summed E-state index contributed by atoms with van der Waals surface area (Å²) in [4.78, 5) is 18.1. The molecule has 1 aromatic heterocycles. The fourth-order valence-electron chi connectivity index (χ4n) is 1.42. The minimum absolute atomic E-state index is 0.0116. The van der Waals surface area contributed by atoms with Crippen LogP contribution in [-0.4, -0.2) is 20.7 Å². The van der Waals surface area contributed by atoms with Crippen LogP contribution >= 0.6 is 15.9 Å². The van der Waals surface area contributed by atoms with Crippen LogP contribution in [0.2, 0.25) is 0 Å². The molecular weight excluding hydrogens is 330 g/mol. The molecule has 0 saturated heterocycles. The summed E-state index contributed by atoms with van der Waals surface area (Å²) >= 11 is 3.17. The van der Waals surface area contributed by atoms with E-state index in [9.17, 15) is 10.1 Å². The number of nitrogen functional groups attached to an aromatic ring is 1. The van der Waals surface area contributed by atoms with Crippen molar-refractivity contribution in [3.8, 4) is 11.6 Å². The lowest BCUT2D eigenvalue weighted by molar-refractivity contribution is -0.385. The zero-order chi connectivity index (χ0) is 14.7. The Morgan fingerprint density at radius 2 is 2.10 bits per heavy atom. The van der Waals surface area contributed by atoms with E-state index in [1.54, 1.807) is 6.07 Å². The first-order chi connectivity index (χ1) is 9.50. The molecule has 20 heavy (non-hydrogen) atoms. The summed E-state index contributed by atoms with van der Waals surface area (Å²) in [5.41, 5.74) is 5.13. The summed E-state index contributed by atoms with van der Waals surface area (Å²) in [5.74, 6) is -0.446. The van der Waals surface area contributed by atoms with Gasteiger partial charge in [-0.3, -0.25) is 15.5 Å². The third-order valence-electron chi connectivity index (χ3n) is 2.26. The molecule has 0 aliphatic rings. The maximum atomic E-state index is 11.0. The Morgan fingerprint density at radius 3 is 2.75 bits per heavy atom. The summed E-state index contributed by atoms with van der Waals surface area (Å²) in [6.45, 7) is 0. The number of benzene rings is 1. The highest BCUT2D eigenvalue weighted by Crippen LogP contribution is 2.37. The lowest BCUT2D eigenvalue weighted by Crippen LogP contribution is -2.15. The fraction of sp³-hybridized carbons (Fsp3) is 0. The smallest absolute Gasteiger partial charge is 0.312 e. The molecule has 0 saturated carbocycles. The Balaban J connectivity index is 2.51. The predicted octanol–water partition coefficient (Wildman–Crippen LogP) is 2.22. The van der Waals surface area contributed by atoms with Gasteiger partial charge in [0.25, 0.3) is 0 Å². The third-order valence-corrected chi connectivity index (χ3v) is 2.89. The van der Waals surface area contributed by atoms with Crippen molar-refractivity contribution >= 4 is 27.5 Å². The molecule has 0 amide bonds.